The molecule has 0 unspecified atom stereocenters. The van der Waals surface area contributed by atoms with Crippen LogP contribution in [-0.2, 0) is 6.54 Å². The molecule has 0 spiro atoms. The quantitative estimate of drug-likeness (QED) is 0.654. The average molecular weight is 388 g/mol. The van der Waals surface area contributed by atoms with E-state index in [1.165, 1.54) is 0 Å². The number of nitrogens with one attached hydrogen (secondary N) is 2. The molecule has 0 aliphatic heterocycles. The standard InChI is InChI=1S/C24H24N2O3/c1-16-5-4-6-22(17(16)2)26-24(28)20-11-9-19(10-12-20)23(27)25-15-18-7-13-21(29-3)14-8-18/h4-14H,15H2,1-3H3,(H,25,27)(H,26,28). The Kier molecular flexibility index (Phi) is 6.29. The molecule has 3 aromatic rings. The van der Waals surface area contributed by atoms with Crippen molar-refractivity contribution < 1.29 is 14.3 Å². The highest BCUT2D eigenvalue weighted by molar-refractivity contribution is 6.05. The smallest absolute Gasteiger partial charge is 0.255 e. The summed E-state index contributed by atoms with van der Waals surface area (Å²) in [6.45, 7) is 4.39. The van der Waals surface area contributed by atoms with Crippen molar-refractivity contribution in [2.75, 3.05) is 12.4 Å². The van der Waals surface area contributed by atoms with Crippen molar-refractivity contribution in [2.45, 2.75) is 20.4 Å². The van der Waals surface area contributed by atoms with Gasteiger partial charge < -0.3 is 15.4 Å². The first-order chi connectivity index (χ1) is 14.0. The molecule has 3 rings (SSSR count). The Hall–Kier alpha value is -3.60. The van der Waals surface area contributed by atoms with E-state index in [1.807, 2.05) is 56.3 Å². The molecule has 0 radical (unpaired) electrons. The minimum atomic E-state index is -0.205. The molecule has 5 nitrogen and oxygen atoms in total. The van der Waals surface area contributed by atoms with E-state index in [4.69, 9.17) is 4.74 Å². The number of aryl methyl sites for hydroxylation is 1. The summed E-state index contributed by atoms with van der Waals surface area (Å²) in [4.78, 5) is 24.9. The van der Waals surface area contributed by atoms with Crippen LogP contribution in [0.5, 0.6) is 5.75 Å². The maximum absolute atomic E-state index is 12.5. The van der Waals surface area contributed by atoms with Crippen molar-refractivity contribution in [1.82, 2.24) is 5.32 Å². The van der Waals surface area contributed by atoms with Crippen molar-refractivity contribution in [2.24, 2.45) is 0 Å². The number of rotatable bonds is 6. The molecular weight excluding hydrogens is 364 g/mol. The zero-order valence-electron chi connectivity index (χ0n) is 16.8. The first-order valence-electron chi connectivity index (χ1n) is 9.36. The molecule has 0 bridgehead atoms. The van der Waals surface area contributed by atoms with Gasteiger partial charge in [-0.15, -0.1) is 0 Å². The molecule has 0 aromatic heterocycles. The summed E-state index contributed by atoms with van der Waals surface area (Å²) in [6, 6.07) is 19.9. The van der Waals surface area contributed by atoms with Crippen molar-refractivity contribution >= 4 is 17.5 Å². The lowest BCUT2D eigenvalue weighted by Crippen LogP contribution is -2.23. The van der Waals surface area contributed by atoms with Crippen molar-refractivity contribution in [3.8, 4) is 5.75 Å². The highest BCUT2D eigenvalue weighted by atomic mass is 16.5. The number of anilines is 1. The Labute approximate surface area is 170 Å². The minimum absolute atomic E-state index is 0.192. The van der Waals surface area contributed by atoms with Crippen molar-refractivity contribution in [3.63, 3.8) is 0 Å². The molecular formula is C24H24N2O3. The first kappa shape index (κ1) is 20.1. The van der Waals surface area contributed by atoms with Crippen molar-refractivity contribution in [3.05, 3.63) is 94.5 Å². The maximum atomic E-state index is 12.5. The molecule has 2 N–H and O–H groups in total. The number of hydrogen-bond acceptors (Lipinski definition) is 3. The third-order valence-corrected chi connectivity index (χ3v) is 4.87. The van der Waals surface area contributed by atoms with E-state index >= 15 is 0 Å². The molecule has 0 aliphatic rings. The molecule has 0 saturated carbocycles. The second kappa shape index (κ2) is 9.06. The Balaban J connectivity index is 1.60. The maximum Gasteiger partial charge on any atom is 0.255 e. The van der Waals surface area contributed by atoms with E-state index in [2.05, 4.69) is 10.6 Å². The second-order valence-electron chi connectivity index (χ2n) is 6.81. The van der Waals surface area contributed by atoms with Gasteiger partial charge in [-0.05, 0) is 73.0 Å². The fourth-order valence-electron chi connectivity index (χ4n) is 2.88. The van der Waals surface area contributed by atoms with Crippen LogP contribution in [-0.4, -0.2) is 18.9 Å². The van der Waals surface area contributed by atoms with Gasteiger partial charge in [0.2, 0.25) is 0 Å². The summed E-state index contributed by atoms with van der Waals surface area (Å²) in [5, 5.41) is 5.80. The van der Waals surface area contributed by atoms with Gasteiger partial charge in [0.15, 0.2) is 0 Å². The van der Waals surface area contributed by atoms with Crippen LogP contribution in [0.25, 0.3) is 0 Å². The topological polar surface area (TPSA) is 67.4 Å². The summed E-state index contributed by atoms with van der Waals surface area (Å²) in [5.74, 6) is 0.376. The monoisotopic (exact) mass is 388 g/mol. The van der Waals surface area contributed by atoms with Gasteiger partial charge >= 0.3 is 0 Å². The molecule has 0 heterocycles. The third kappa shape index (κ3) is 5.02. The van der Waals surface area contributed by atoms with Gasteiger partial charge in [-0.3, -0.25) is 9.59 Å². The number of ether oxygens (including phenoxy) is 1. The van der Waals surface area contributed by atoms with E-state index in [9.17, 15) is 9.59 Å². The van der Waals surface area contributed by atoms with Crippen LogP contribution in [0.3, 0.4) is 0 Å². The van der Waals surface area contributed by atoms with Crippen LogP contribution < -0.4 is 15.4 Å². The van der Waals surface area contributed by atoms with Crippen LogP contribution in [0.4, 0.5) is 5.69 Å². The van der Waals surface area contributed by atoms with Gasteiger partial charge in [-0.25, -0.2) is 0 Å². The Morgan fingerprint density at radius 3 is 2.07 bits per heavy atom. The molecule has 3 aromatic carbocycles. The molecule has 148 valence electrons. The SMILES string of the molecule is COc1ccc(CNC(=O)c2ccc(C(=O)Nc3cccc(C)c3C)cc2)cc1. The van der Waals surface area contributed by atoms with Crippen LogP contribution >= 0.6 is 0 Å². The van der Waals surface area contributed by atoms with Crippen LogP contribution in [0.2, 0.25) is 0 Å². The summed E-state index contributed by atoms with van der Waals surface area (Å²) < 4.78 is 5.12. The number of carbonyl (C=O) groups is 2. The number of hydrogen-bond donors (Lipinski definition) is 2. The Morgan fingerprint density at radius 2 is 1.45 bits per heavy atom. The lowest BCUT2D eigenvalue weighted by atomic mass is 10.1. The number of benzene rings is 3. The van der Waals surface area contributed by atoms with Gasteiger partial charge in [-0.2, -0.15) is 0 Å². The van der Waals surface area contributed by atoms with E-state index in [0.717, 1.165) is 28.1 Å². The van der Waals surface area contributed by atoms with E-state index in [0.29, 0.717) is 17.7 Å². The van der Waals surface area contributed by atoms with Gasteiger partial charge in [0, 0.05) is 23.4 Å². The predicted molar refractivity (Wildman–Crippen MR) is 114 cm³/mol. The zero-order valence-corrected chi connectivity index (χ0v) is 16.8. The average Bonchev–Trinajstić information content (AvgIpc) is 2.75. The molecule has 0 saturated heterocycles. The van der Waals surface area contributed by atoms with Gasteiger partial charge in [0.05, 0.1) is 7.11 Å². The van der Waals surface area contributed by atoms with E-state index in [1.54, 1.807) is 31.4 Å². The lowest BCUT2D eigenvalue weighted by molar-refractivity contribution is 0.0949. The molecule has 0 fully saturated rings. The fraction of sp³-hybridized carbons (Fsp3) is 0.167. The third-order valence-electron chi connectivity index (χ3n) is 4.87. The summed E-state index contributed by atoms with van der Waals surface area (Å²) in [7, 11) is 1.61. The van der Waals surface area contributed by atoms with Gasteiger partial charge in [0.25, 0.3) is 11.8 Å². The highest BCUT2D eigenvalue weighted by Crippen LogP contribution is 2.19. The number of carbonyl (C=O) groups excluding carboxylic acids is 2. The summed E-state index contributed by atoms with van der Waals surface area (Å²) >= 11 is 0. The number of methoxy groups -OCH3 is 1. The lowest BCUT2D eigenvalue weighted by Gasteiger charge is -2.11. The second-order valence-corrected chi connectivity index (χ2v) is 6.81. The molecule has 0 aliphatic carbocycles. The van der Waals surface area contributed by atoms with Crippen molar-refractivity contribution in [1.29, 1.82) is 0 Å². The molecule has 0 atom stereocenters. The highest BCUT2D eigenvalue weighted by Gasteiger charge is 2.11. The van der Waals surface area contributed by atoms with E-state index < -0.39 is 0 Å². The van der Waals surface area contributed by atoms with Gasteiger partial charge in [0.1, 0.15) is 5.75 Å². The molecule has 5 heteroatoms. The van der Waals surface area contributed by atoms with Crippen LogP contribution in [0.15, 0.2) is 66.7 Å². The summed E-state index contributed by atoms with van der Waals surface area (Å²) in [6.07, 6.45) is 0. The zero-order chi connectivity index (χ0) is 20.8. The fourth-order valence-corrected chi connectivity index (χ4v) is 2.88. The number of amides is 2. The summed E-state index contributed by atoms with van der Waals surface area (Å²) in [5.41, 5.74) is 4.92. The van der Waals surface area contributed by atoms with Crippen LogP contribution in [0, 0.1) is 13.8 Å². The Bertz CT molecular complexity index is 1010. The predicted octanol–water partition coefficient (Wildman–Crippen LogP) is 4.49. The molecule has 2 amide bonds. The van der Waals surface area contributed by atoms with Gasteiger partial charge in [-0.1, -0.05) is 24.3 Å². The van der Waals surface area contributed by atoms with E-state index in [-0.39, 0.29) is 11.8 Å². The largest absolute Gasteiger partial charge is 0.497 e. The minimum Gasteiger partial charge on any atom is -0.497 e. The normalized spacial score (nSPS) is 10.3. The Morgan fingerprint density at radius 1 is 0.828 bits per heavy atom. The molecule has 29 heavy (non-hydrogen) atoms. The first-order valence-corrected chi connectivity index (χ1v) is 9.36. The van der Waals surface area contributed by atoms with Crippen LogP contribution in [0.1, 0.15) is 37.4 Å².